The fourth-order valence-corrected chi connectivity index (χ4v) is 2.41. The molecule has 4 nitrogen and oxygen atoms in total. The maximum absolute atomic E-state index is 4.69. The predicted octanol–water partition coefficient (Wildman–Crippen LogP) is 2.51. The minimum Gasteiger partial charge on any atom is -0.324 e. The van der Waals surface area contributed by atoms with Gasteiger partial charge >= 0.3 is 0 Å². The van der Waals surface area contributed by atoms with Crippen molar-refractivity contribution in [2.24, 2.45) is 5.92 Å². The fourth-order valence-electron chi connectivity index (χ4n) is 2.41. The first-order chi connectivity index (χ1) is 8.75. The molecule has 0 bridgehead atoms. The second kappa shape index (κ2) is 4.69. The molecule has 0 saturated heterocycles. The third-order valence-corrected chi connectivity index (χ3v) is 3.49. The molecule has 0 aromatic carbocycles. The molecule has 0 spiro atoms. The largest absolute Gasteiger partial charge is 0.324 e. The van der Waals surface area contributed by atoms with E-state index in [1.165, 1.54) is 18.4 Å². The lowest BCUT2D eigenvalue weighted by molar-refractivity contribution is 0.545. The first kappa shape index (κ1) is 11.7. The van der Waals surface area contributed by atoms with Crippen LogP contribution in [0.15, 0.2) is 18.5 Å². The maximum Gasteiger partial charge on any atom is 0.124 e. The third-order valence-electron chi connectivity index (χ3n) is 3.49. The molecule has 2 aromatic rings. The first-order valence-corrected chi connectivity index (χ1v) is 6.77. The smallest absolute Gasteiger partial charge is 0.124 e. The van der Waals surface area contributed by atoms with E-state index in [0.29, 0.717) is 6.04 Å². The van der Waals surface area contributed by atoms with Gasteiger partial charge in [0.25, 0.3) is 0 Å². The lowest BCUT2D eigenvalue weighted by atomic mass is 10.3. The maximum atomic E-state index is 4.69. The summed E-state index contributed by atoms with van der Waals surface area (Å²) in [6.45, 7) is 6.38. The Morgan fingerprint density at radius 1 is 1.44 bits per heavy atom. The van der Waals surface area contributed by atoms with Crippen LogP contribution in [0.2, 0.25) is 0 Å². The van der Waals surface area contributed by atoms with Crippen molar-refractivity contribution in [3.05, 3.63) is 24.3 Å². The topological polar surface area (TPSA) is 42.7 Å². The van der Waals surface area contributed by atoms with Gasteiger partial charge in [0.1, 0.15) is 11.3 Å². The zero-order chi connectivity index (χ0) is 12.5. The van der Waals surface area contributed by atoms with Gasteiger partial charge in [-0.25, -0.2) is 4.98 Å². The van der Waals surface area contributed by atoms with Crippen LogP contribution in [0, 0.1) is 5.92 Å². The number of nitrogens with zero attached hydrogens (tertiary/aromatic N) is 3. The zero-order valence-electron chi connectivity index (χ0n) is 11.1. The lowest BCUT2D eigenvalue weighted by Gasteiger charge is -2.13. The second-order valence-corrected chi connectivity index (χ2v) is 5.43. The molecule has 0 atom stereocenters. The molecule has 4 heteroatoms. The Bertz CT molecular complexity index is 540. The van der Waals surface area contributed by atoms with Gasteiger partial charge in [-0.3, -0.25) is 4.98 Å². The number of aromatic nitrogens is 3. The van der Waals surface area contributed by atoms with Gasteiger partial charge in [0.05, 0.1) is 18.3 Å². The number of nitrogens with one attached hydrogen (secondary N) is 1. The molecule has 2 heterocycles. The molecule has 0 unspecified atom stereocenters. The minimum atomic E-state index is 0.426. The summed E-state index contributed by atoms with van der Waals surface area (Å²) >= 11 is 0. The van der Waals surface area contributed by atoms with Crippen LogP contribution in [-0.2, 0) is 6.54 Å². The van der Waals surface area contributed by atoms with Gasteiger partial charge < -0.3 is 9.88 Å². The molecule has 1 aliphatic rings. The summed E-state index contributed by atoms with van der Waals surface area (Å²) in [6, 6.07) is 2.47. The average molecular weight is 244 g/mol. The molecular formula is C14H20N4. The van der Waals surface area contributed by atoms with Gasteiger partial charge in [-0.05, 0) is 45.2 Å². The van der Waals surface area contributed by atoms with Crippen molar-refractivity contribution in [1.82, 2.24) is 19.9 Å². The lowest BCUT2D eigenvalue weighted by Crippen LogP contribution is -2.20. The molecule has 3 rings (SSSR count). The van der Waals surface area contributed by atoms with Gasteiger partial charge in [-0.1, -0.05) is 0 Å². The van der Waals surface area contributed by atoms with E-state index < -0.39 is 0 Å². The van der Waals surface area contributed by atoms with Gasteiger partial charge in [0.15, 0.2) is 0 Å². The van der Waals surface area contributed by atoms with Crippen molar-refractivity contribution in [3.8, 4) is 0 Å². The van der Waals surface area contributed by atoms with Crippen LogP contribution >= 0.6 is 0 Å². The number of pyridine rings is 1. The van der Waals surface area contributed by atoms with Crippen LogP contribution in [0.3, 0.4) is 0 Å². The summed E-state index contributed by atoms with van der Waals surface area (Å²) < 4.78 is 2.30. The summed E-state index contributed by atoms with van der Waals surface area (Å²) in [4.78, 5) is 8.84. The highest BCUT2D eigenvalue weighted by Gasteiger charge is 2.21. The summed E-state index contributed by atoms with van der Waals surface area (Å²) in [5, 5.41) is 3.52. The van der Waals surface area contributed by atoms with E-state index in [0.717, 1.165) is 30.3 Å². The number of hydrogen-bond donors (Lipinski definition) is 1. The van der Waals surface area contributed by atoms with E-state index in [1.54, 1.807) is 0 Å². The highest BCUT2D eigenvalue weighted by atomic mass is 15.1. The Hall–Kier alpha value is -1.42. The number of imidazole rings is 1. The Morgan fingerprint density at radius 3 is 3.00 bits per heavy atom. The Labute approximate surface area is 107 Å². The molecule has 0 aliphatic heterocycles. The molecule has 1 N–H and O–H groups in total. The molecule has 1 fully saturated rings. The van der Waals surface area contributed by atoms with E-state index in [2.05, 4.69) is 33.7 Å². The van der Waals surface area contributed by atoms with Crippen LogP contribution in [0.1, 0.15) is 38.6 Å². The molecule has 0 radical (unpaired) electrons. The monoisotopic (exact) mass is 244 g/mol. The summed E-state index contributed by atoms with van der Waals surface area (Å²) in [5.41, 5.74) is 2.18. The van der Waals surface area contributed by atoms with Gasteiger partial charge in [0.2, 0.25) is 0 Å². The second-order valence-electron chi connectivity index (χ2n) is 5.43. The van der Waals surface area contributed by atoms with Crippen molar-refractivity contribution >= 4 is 11.0 Å². The molecule has 1 aliphatic carbocycles. The highest BCUT2D eigenvalue weighted by molar-refractivity contribution is 5.74. The number of rotatable bonds is 5. The van der Waals surface area contributed by atoms with E-state index in [4.69, 9.17) is 0 Å². The van der Waals surface area contributed by atoms with Gasteiger partial charge in [-0.15, -0.1) is 0 Å². The van der Waals surface area contributed by atoms with E-state index >= 15 is 0 Å². The summed E-state index contributed by atoms with van der Waals surface area (Å²) in [7, 11) is 0. The van der Waals surface area contributed by atoms with Crippen molar-refractivity contribution < 1.29 is 0 Å². The van der Waals surface area contributed by atoms with Gasteiger partial charge in [-0.2, -0.15) is 0 Å². The minimum absolute atomic E-state index is 0.426. The Balaban J connectivity index is 1.86. The van der Waals surface area contributed by atoms with Crippen molar-refractivity contribution in [1.29, 1.82) is 0 Å². The average Bonchev–Trinajstić information content (AvgIpc) is 3.08. The van der Waals surface area contributed by atoms with E-state index in [-0.39, 0.29) is 0 Å². The van der Waals surface area contributed by atoms with E-state index in [1.807, 2.05) is 18.5 Å². The molecular weight excluding hydrogens is 224 g/mol. The SMILES string of the molecule is CC(C)n1c(CNCC2CC2)nc2cnccc21. The summed E-state index contributed by atoms with van der Waals surface area (Å²) in [5.74, 6) is 2.03. The van der Waals surface area contributed by atoms with Crippen LogP contribution < -0.4 is 5.32 Å². The predicted molar refractivity (Wildman–Crippen MR) is 72.3 cm³/mol. The Morgan fingerprint density at radius 2 is 2.28 bits per heavy atom. The Kier molecular flexibility index (Phi) is 3.04. The molecule has 0 amide bonds. The molecule has 18 heavy (non-hydrogen) atoms. The standard InChI is InChI=1S/C14H20N4/c1-10(2)18-13-5-6-15-8-12(13)17-14(18)9-16-7-11-3-4-11/h5-6,8,10-11,16H,3-4,7,9H2,1-2H3. The van der Waals surface area contributed by atoms with Crippen LogP contribution in [0.25, 0.3) is 11.0 Å². The van der Waals surface area contributed by atoms with Crippen molar-refractivity contribution in [2.75, 3.05) is 6.54 Å². The van der Waals surface area contributed by atoms with Crippen LogP contribution in [0.4, 0.5) is 0 Å². The van der Waals surface area contributed by atoms with Crippen molar-refractivity contribution in [3.63, 3.8) is 0 Å². The van der Waals surface area contributed by atoms with Gasteiger partial charge in [0, 0.05) is 12.2 Å². The molecule has 96 valence electrons. The highest BCUT2D eigenvalue weighted by Crippen LogP contribution is 2.27. The number of hydrogen-bond acceptors (Lipinski definition) is 3. The molecule has 1 saturated carbocycles. The molecule has 2 aromatic heterocycles. The third kappa shape index (κ3) is 2.25. The van der Waals surface area contributed by atoms with Crippen LogP contribution in [-0.4, -0.2) is 21.1 Å². The normalized spacial score (nSPS) is 15.7. The van der Waals surface area contributed by atoms with Crippen molar-refractivity contribution in [2.45, 2.75) is 39.3 Å². The van der Waals surface area contributed by atoms with E-state index in [9.17, 15) is 0 Å². The number of fused-ring (bicyclic) bond motifs is 1. The quantitative estimate of drug-likeness (QED) is 0.878. The van der Waals surface area contributed by atoms with Crippen LogP contribution in [0.5, 0.6) is 0 Å². The summed E-state index contributed by atoms with van der Waals surface area (Å²) in [6.07, 6.45) is 6.46. The first-order valence-electron chi connectivity index (χ1n) is 6.77. The fraction of sp³-hybridized carbons (Fsp3) is 0.571. The zero-order valence-corrected chi connectivity index (χ0v) is 11.1.